The van der Waals surface area contributed by atoms with Gasteiger partial charge in [-0.05, 0) is 5.41 Å². The van der Waals surface area contributed by atoms with Gasteiger partial charge < -0.3 is 14.4 Å². The SMILES string of the molecule is CC(C)(C)C(Cn1ccnc1)NC(=O)c1cnoc1-c1ccccc1. The zero-order chi connectivity index (χ0) is 17.9. The molecule has 1 amide bonds. The van der Waals surface area contributed by atoms with Gasteiger partial charge in [-0.15, -0.1) is 0 Å². The fourth-order valence-corrected chi connectivity index (χ4v) is 2.58. The van der Waals surface area contributed by atoms with E-state index in [2.05, 4.69) is 36.2 Å². The molecule has 6 heteroatoms. The lowest BCUT2D eigenvalue weighted by Gasteiger charge is -2.31. The Bertz CT molecular complexity index is 817. The highest BCUT2D eigenvalue weighted by atomic mass is 16.5. The van der Waals surface area contributed by atoms with Crippen molar-refractivity contribution in [2.24, 2.45) is 5.41 Å². The van der Waals surface area contributed by atoms with Crippen LogP contribution in [0, 0.1) is 5.41 Å². The number of nitrogens with one attached hydrogen (secondary N) is 1. The number of benzene rings is 1. The van der Waals surface area contributed by atoms with Gasteiger partial charge >= 0.3 is 0 Å². The van der Waals surface area contributed by atoms with E-state index in [0.717, 1.165) is 5.56 Å². The van der Waals surface area contributed by atoms with Crippen LogP contribution in [0.25, 0.3) is 11.3 Å². The minimum absolute atomic E-state index is 0.0762. The Morgan fingerprint density at radius 2 is 2.04 bits per heavy atom. The van der Waals surface area contributed by atoms with Crippen LogP contribution in [0.5, 0.6) is 0 Å². The van der Waals surface area contributed by atoms with Gasteiger partial charge in [-0.3, -0.25) is 4.79 Å². The first-order chi connectivity index (χ1) is 11.9. The first-order valence-corrected chi connectivity index (χ1v) is 8.22. The number of aromatic nitrogens is 3. The van der Waals surface area contributed by atoms with E-state index >= 15 is 0 Å². The summed E-state index contributed by atoms with van der Waals surface area (Å²) in [5.41, 5.74) is 1.14. The van der Waals surface area contributed by atoms with E-state index in [9.17, 15) is 4.79 Å². The van der Waals surface area contributed by atoms with E-state index < -0.39 is 0 Å². The summed E-state index contributed by atoms with van der Waals surface area (Å²) < 4.78 is 7.28. The first-order valence-electron chi connectivity index (χ1n) is 8.22. The molecular formula is C19H22N4O2. The van der Waals surface area contributed by atoms with Gasteiger partial charge in [0.25, 0.3) is 5.91 Å². The van der Waals surface area contributed by atoms with E-state index in [-0.39, 0.29) is 17.4 Å². The molecule has 0 saturated carbocycles. The van der Waals surface area contributed by atoms with Crippen molar-refractivity contribution >= 4 is 5.91 Å². The summed E-state index contributed by atoms with van der Waals surface area (Å²) in [5, 5.41) is 6.93. The maximum absolute atomic E-state index is 12.8. The number of carbonyl (C=O) groups is 1. The largest absolute Gasteiger partial charge is 0.355 e. The van der Waals surface area contributed by atoms with Gasteiger partial charge in [-0.25, -0.2) is 4.98 Å². The maximum Gasteiger partial charge on any atom is 0.257 e. The molecule has 6 nitrogen and oxygen atoms in total. The first kappa shape index (κ1) is 17.0. The van der Waals surface area contributed by atoms with Crippen LogP contribution >= 0.6 is 0 Å². The average molecular weight is 338 g/mol. The van der Waals surface area contributed by atoms with Crippen LogP contribution in [0.4, 0.5) is 0 Å². The monoisotopic (exact) mass is 338 g/mol. The summed E-state index contributed by atoms with van der Waals surface area (Å²) in [6, 6.07) is 9.43. The van der Waals surface area contributed by atoms with E-state index in [4.69, 9.17) is 4.52 Å². The molecule has 1 N–H and O–H groups in total. The molecule has 0 aliphatic carbocycles. The average Bonchev–Trinajstić information content (AvgIpc) is 3.25. The van der Waals surface area contributed by atoms with Gasteiger partial charge in [-0.2, -0.15) is 0 Å². The summed E-state index contributed by atoms with van der Waals surface area (Å²) in [6.07, 6.45) is 6.84. The third-order valence-corrected chi connectivity index (χ3v) is 4.15. The predicted octanol–water partition coefficient (Wildman–Crippen LogP) is 3.38. The molecule has 3 aromatic rings. The fourth-order valence-electron chi connectivity index (χ4n) is 2.58. The number of hydrogen-bond donors (Lipinski definition) is 1. The van der Waals surface area contributed by atoms with Gasteiger partial charge in [0.15, 0.2) is 5.76 Å². The van der Waals surface area contributed by atoms with Crippen molar-refractivity contribution in [3.05, 3.63) is 60.8 Å². The summed E-state index contributed by atoms with van der Waals surface area (Å²) in [5.74, 6) is 0.286. The molecule has 1 unspecified atom stereocenters. The number of imidazole rings is 1. The number of nitrogens with zero attached hydrogens (tertiary/aromatic N) is 3. The van der Waals surface area contributed by atoms with Crippen molar-refractivity contribution in [2.45, 2.75) is 33.4 Å². The van der Waals surface area contributed by atoms with Crippen molar-refractivity contribution in [1.82, 2.24) is 20.0 Å². The van der Waals surface area contributed by atoms with Crippen LogP contribution in [-0.4, -0.2) is 26.7 Å². The highest BCUT2D eigenvalue weighted by Gasteiger charge is 2.28. The Morgan fingerprint density at radius 3 is 2.68 bits per heavy atom. The zero-order valence-corrected chi connectivity index (χ0v) is 14.6. The van der Waals surface area contributed by atoms with Crippen LogP contribution in [-0.2, 0) is 6.54 Å². The molecular weight excluding hydrogens is 316 g/mol. The second-order valence-electron chi connectivity index (χ2n) is 7.09. The lowest BCUT2D eigenvalue weighted by Crippen LogP contribution is -2.46. The van der Waals surface area contributed by atoms with E-state index in [1.165, 1.54) is 6.20 Å². The predicted molar refractivity (Wildman–Crippen MR) is 94.9 cm³/mol. The second kappa shape index (κ2) is 6.93. The lowest BCUT2D eigenvalue weighted by molar-refractivity contribution is 0.0893. The van der Waals surface area contributed by atoms with E-state index in [1.807, 2.05) is 41.1 Å². The summed E-state index contributed by atoms with van der Waals surface area (Å²) in [7, 11) is 0. The van der Waals surface area contributed by atoms with Gasteiger partial charge in [0.1, 0.15) is 5.56 Å². The highest BCUT2D eigenvalue weighted by Crippen LogP contribution is 2.25. The van der Waals surface area contributed by atoms with Crippen LogP contribution < -0.4 is 5.32 Å². The van der Waals surface area contributed by atoms with E-state index in [0.29, 0.717) is 17.9 Å². The molecule has 0 bridgehead atoms. The van der Waals surface area contributed by atoms with E-state index in [1.54, 1.807) is 12.5 Å². The zero-order valence-electron chi connectivity index (χ0n) is 14.6. The van der Waals surface area contributed by atoms with Crippen molar-refractivity contribution in [1.29, 1.82) is 0 Å². The molecule has 1 aromatic carbocycles. The third kappa shape index (κ3) is 3.96. The molecule has 2 aromatic heterocycles. The molecule has 0 radical (unpaired) electrons. The minimum atomic E-state index is -0.194. The molecule has 2 heterocycles. The van der Waals surface area contributed by atoms with Crippen LogP contribution in [0.1, 0.15) is 31.1 Å². The van der Waals surface area contributed by atoms with Crippen molar-refractivity contribution < 1.29 is 9.32 Å². The fraction of sp³-hybridized carbons (Fsp3) is 0.316. The molecule has 1 atom stereocenters. The van der Waals surface area contributed by atoms with Crippen LogP contribution in [0.15, 0.2) is 59.8 Å². The Labute approximate surface area is 146 Å². The maximum atomic E-state index is 12.8. The molecule has 0 saturated heterocycles. The Hall–Kier alpha value is -2.89. The van der Waals surface area contributed by atoms with Gasteiger partial charge in [0, 0.05) is 24.5 Å². The molecule has 130 valence electrons. The number of hydrogen-bond acceptors (Lipinski definition) is 4. The lowest BCUT2D eigenvalue weighted by atomic mass is 9.86. The number of amides is 1. The molecule has 0 fully saturated rings. The smallest absolute Gasteiger partial charge is 0.257 e. The molecule has 25 heavy (non-hydrogen) atoms. The van der Waals surface area contributed by atoms with Crippen molar-refractivity contribution in [3.8, 4) is 11.3 Å². The molecule has 0 aliphatic heterocycles. The third-order valence-electron chi connectivity index (χ3n) is 4.15. The normalized spacial score (nSPS) is 12.8. The summed E-state index contributed by atoms with van der Waals surface area (Å²) in [4.78, 5) is 16.9. The standard InChI is InChI=1S/C19H22N4O2/c1-19(2,3)16(12-23-10-9-20-13-23)22-18(24)15-11-21-25-17(15)14-7-5-4-6-8-14/h4-11,13,16H,12H2,1-3H3,(H,22,24). The number of rotatable bonds is 5. The quantitative estimate of drug-likeness (QED) is 0.774. The Morgan fingerprint density at radius 1 is 1.28 bits per heavy atom. The summed E-state index contributed by atoms with van der Waals surface area (Å²) >= 11 is 0. The second-order valence-corrected chi connectivity index (χ2v) is 7.09. The Kier molecular flexibility index (Phi) is 4.70. The van der Waals surface area contributed by atoms with Crippen LogP contribution in [0.2, 0.25) is 0 Å². The van der Waals surface area contributed by atoms with Gasteiger partial charge in [0.2, 0.25) is 0 Å². The molecule has 3 rings (SSSR count). The highest BCUT2D eigenvalue weighted by molar-refractivity contribution is 5.99. The molecule has 0 aliphatic rings. The minimum Gasteiger partial charge on any atom is -0.355 e. The molecule has 0 spiro atoms. The topological polar surface area (TPSA) is 73.0 Å². The number of carbonyl (C=O) groups excluding carboxylic acids is 1. The van der Waals surface area contributed by atoms with Crippen molar-refractivity contribution in [3.63, 3.8) is 0 Å². The van der Waals surface area contributed by atoms with Gasteiger partial charge in [0.05, 0.1) is 18.6 Å². The summed E-state index contributed by atoms with van der Waals surface area (Å²) in [6.45, 7) is 6.93. The van der Waals surface area contributed by atoms with Crippen molar-refractivity contribution in [2.75, 3.05) is 0 Å². The Balaban J connectivity index is 1.82. The van der Waals surface area contributed by atoms with Crippen LogP contribution in [0.3, 0.4) is 0 Å². The van der Waals surface area contributed by atoms with Gasteiger partial charge in [-0.1, -0.05) is 56.3 Å².